The molecule has 3 rings (SSSR count). The van der Waals surface area contributed by atoms with Crippen LogP contribution in [0.25, 0.3) is 11.3 Å². The van der Waals surface area contributed by atoms with Crippen LogP contribution in [0.3, 0.4) is 0 Å². The summed E-state index contributed by atoms with van der Waals surface area (Å²) < 4.78 is 53.1. The molecule has 0 spiro atoms. The Balaban J connectivity index is 1.96. The van der Waals surface area contributed by atoms with Crippen LogP contribution in [0.5, 0.6) is 0 Å². The van der Waals surface area contributed by atoms with Crippen molar-refractivity contribution in [3.8, 4) is 11.3 Å². The Kier molecular flexibility index (Phi) is 3.96. The van der Waals surface area contributed by atoms with Crippen LogP contribution in [0, 0.1) is 23.3 Å². The number of carbonyl (C=O) groups excluding carboxylic acids is 1. The van der Waals surface area contributed by atoms with Crippen LogP contribution in [0.2, 0.25) is 0 Å². The Bertz CT molecular complexity index is 907. The van der Waals surface area contributed by atoms with Gasteiger partial charge in [-0.3, -0.25) is 4.79 Å². The van der Waals surface area contributed by atoms with Crippen LogP contribution >= 0.6 is 11.3 Å². The van der Waals surface area contributed by atoms with Crippen LogP contribution < -0.4 is 0 Å². The lowest BCUT2D eigenvalue weighted by Gasteiger charge is -2.00. The molecule has 1 heterocycles. The number of hydrogen-bond acceptors (Lipinski definition) is 3. The highest BCUT2D eigenvalue weighted by Gasteiger charge is 2.19. The lowest BCUT2D eigenvalue weighted by atomic mass is 10.1. The van der Waals surface area contributed by atoms with Crippen molar-refractivity contribution in [2.24, 2.45) is 0 Å². The number of rotatable bonds is 3. The molecule has 2 aromatic carbocycles. The number of benzene rings is 2. The van der Waals surface area contributed by atoms with E-state index in [1.807, 2.05) is 0 Å². The minimum Gasteiger partial charge on any atom is -0.286 e. The molecule has 0 radical (unpaired) electrons. The molecule has 0 saturated heterocycles. The maximum absolute atomic E-state index is 13.7. The van der Waals surface area contributed by atoms with Crippen LogP contribution in [0.15, 0.2) is 41.8 Å². The van der Waals surface area contributed by atoms with Crippen molar-refractivity contribution >= 4 is 17.1 Å². The molecule has 0 aliphatic heterocycles. The Morgan fingerprint density at radius 1 is 0.913 bits per heavy atom. The van der Waals surface area contributed by atoms with Gasteiger partial charge in [0.15, 0.2) is 5.01 Å². The van der Waals surface area contributed by atoms with Crippen LogP contribution in [0.1, 0.15) is 15.4 Å². The van der Waals surface area contributed by atoms with E-state index in [4.69, 9.17) is 0 Å². The van der Waals surface area contributed by atoms with Crippen molar-refractivity contribution < 1.29 is 22.4 Å². The highest BCUT2D eigenvalue weighted by Crippen LogP contribution is 2.26. The third kappa shape index (κ3) is 3.00. The summed E-state index contributed by atoms with van der Waals surface area (Å²) in [6, 6.07) is 5.56. The second kappa shape index (κ2) is 5.92. The third-order valence-corrected chi connectivity index (χ3v) is 3.92. The van der Waals surface area contributed by atoms with Gasteiger partial charge in [0, 0.05) is 23.1 Å². The molecular weight excluding hydrogens is 330 g/mol. The second-order valence-corrected chi connectivity index (χ2v) is 5.47. The summed E-state index contributed by atoms with van der Waals surface area (Å²) in [5.41, 5.74) is -0.161. The summed E-state index contributed by atoms with van der Waals surface area (Å²) in [7, 11) is 0. The van der Waals surface area contributed by atoms with Gasteiger partial charge in [0.25, 0.3) is 0 Å². The summed E-state index contributed by atoms with van der Waals surface area (Å²) in [5.74, 6) is -4.08. The smallest absolute Gasteiger partial charge is 0.224 e. The Hall–Kier alpha value is -2.54. The number of thiazole rings is 1. The number of carbonyl (C=O) groups is 1. The molecule has 0 aliphatic rings. The molecule has 0 N–H and O–H groups in total. The van der Waals surface area contributed by atoms with Crippen LogP contribution in [-0.4, -0.2) is 10.8 Å². The minimum atomic E-state index is -1.00. The van der Waals surface area contributed by atoms with Gasteiger partial charge in [0.05, 0.1) is 11.3 Å². The molecule has 7 heteroatoms. The molecule has 3 aromatic rings. The zero-order valence-corrected chi connectivity index (χ0v) is 12.1. The van der Waals surface area contributed by atoms with E-state index < -0.39 is 29.1 Å². The predicted molar refractivity (Wildman–Crippen MR) is 77.3 cm³/mol. The monoisotopic (exact) mass is 337 g/mol. The minimum absolute atomic E-state index is 0.0290. The Morgan fingerprint density at radius 2 is 1.57 bits per heavy atom. The Labute approximate surface area is 132 Å². The van der Waals surface area contributed by atoms with E-state index in [9.17, 15) is 22.4 Å². The molecule has 116 valence electrons. The van der Waals surface area contributed by atoms with Crippen molar-refractivity contribution in [1.82, 2.24) is 4.98 Å². The van der Waals surface area contributed by atoms with Crippen LogP contribution in [0.4, 0.5) is 17.6 Å². The van der Waals surface area contributed by atoms with E-state index in [0.29, 0.717) is 12.1 Å². The van der Waals surface area contributed by atoms with Crippen molar-refractivity contribution in [2.45, 2.75) is 0 Å². The van der Waals surface area contributed by atoms with Gasteiger partial charge >= 0.3 is 0 Å². The fourth-order valence-corrected chi connectivity index (χ4v) is 2.76. The highest BCUT2D eigenvalue weighted by molar-refractivity contribution is 7.12. The molecule has 0 atom stereocenters. The second-order valence-electron chi connectivity index (χ2n) is 4.62. The number of halogens is 4. The van der Waals surface area contributed by atoms with Gasteiger partial charge < -0.3 is 0 Å². The third-order valence-electron chi connectivity index (χ3n) is 3.08. The molecule has 2 nitrogen and oxygen atoms in total. The fraction of sp³-hybridized carbons (Fsp3) is 0. The van der Waals surface area contributed by atoms with Gasteiger partial charge in [0.1, 0.15) is 23.3 Å². The fourth-order valence-electron chi connectivity index (χ4n) is 1.99. The average Bonchev–Trinajstić information content (AvgIpc) is 2.96. The van der Waals surface area contributed by atoms with E-state index >= 15 is 0 Å². The largest absolute Gasteiger partial charge is 0.286 e. The Morgan fingerprint density at radius 3 is 2.22 bits per heavy atom. The molecule has 1 aromatic heterocycles. The molecule has 0 saturated carbocycles. The van der Waals surface area contributed by atoms with Gasteiger partial charge in [-0.1, -0.05) is 0 Å². The quantitative estimate of drug-likeness (QED) is 0.516. The van der Waals surface area contributed by atoms with Gasteiger partial charge in [-0.25, -0.2) is 22.5 Å². The molecule has 23 heavy (non-hydrogen) atoms. The van der Waals surface area contributed by atoms with E-state index in [2.05, 4.69) is 4.98 Å². The van der Waals surface area contributed by atoms with Crippen molar-refractivity contribution in [3.05, 3.63) is 75.6 Å². The maximum Gasteiger partial charge on any atom is 0.224 e. The lowest BCUT2D eigenvalue weighted by Crippen LogP contribution is -2.04. The highest BCUT2D eigenvalue weighted by atomic mass is 32.1. The molecular formula is C16H7F4NOS. The number of hydrogen-bond donors (Lipinski definition) is 0. The summed E-state index contributed by atoms with van der Waals surface area (Å²) in [5, 5.41) is 1.33. The van der Waals surface area contributed by atoms with Gasteiger partial charge in [-0.15, -0.1) is 11.3 Å². The van der Waals surface area contributed by atoms with Gasteiger partial charge in [0.2, 0.25) is 5.78 Å². The molecule has 0 aliphatic carbocycles. The zero-order chi connectivity index (χ0) is 16.6. The summed E-state index contributed by atoms with van der Waals surface area (Å²) >= 11 is 0.892. The first kappa shape index (κ1) is 15.4. The van der Waals surface area contributed by atoms with E-state index in [-0.39, 0.29) is 21.8 Å². The van der Waals surface area contributed by atoms with E-state index in [0.717, 1.165) is 29.5 Å². The molecule has 0 amide bonds. The molecule has 0 bridgehead atoms. The van der Waals surface area contributed by atoms with Crippen molar-refractivity contribution in [1.29, 1.82) is 0 Å². The summed E-state index contributed by atoms with van der Waals surface area (Å²) in [6.45, 7) is 0. The first-order chi connectivity index (χ1) is 11.0. The van der Waals surface area contributed by atoms with E-state index in [1.165, 1.54) is 11.4 Å². The van der Waals surface area contributed by atoms with Crippen molar-refractivity contribution in [2.75, 3.05) is 0 Å². The zero-order valence-electron chi connectivity index (χ0n) is 11.3. The topological polar surface area (TPSA) is 30.0 Å². The van der Waals surface area contributed by atoms with Gasteiger partial charge in [-0.2, -0.15) is 0 Å². The first-order valence-electron chi connectivity index (χ1n) is 6.36. The maximum atomic E-state index is 13.7. The number of aromatic nitrogens is 1. The van der Waals surface area contributed by atoms with Gasteiger partial charge in [-0.05, 0) is 24.3 Å². The SMILES string of the molecule is O=C(c1nc(-c2ccc(F)cc2F)cs1)c1ccc(F)cc1F. The number of nitrogens with zero attached hydrogens (tertiary/aromatic N) is 1. The summed E-state index contributed by atoms with van der Waals surface area (Å²) in [4.78, 5) is 16.2. The normalized spacial score (nSPS) is 10.8. The molecule has 0 fully saturated rings. The predicted octanol–water partition coefficient (Wildman–Crippen LogP) is 4.60. The lowest BCUT2D eigenvalue weighted by molar-refractivity contribution is 0.103. The molecule has 0 unspecified atom stereocenters. The average molecular weight is 337 g/mol. The number of ketones is 1. The standard InChI is InChI=1S/C16H7F4NOS/c17-8-1-3-10(12(19)5-8)14-7-23-16(21-14)15(22)11-4-2-9(18)6-13(11)20/h1-7H. The first-order valence-corrected chi connectivity index (χ1v) is 7.24. The van der Waals surface area contributed by atoms with Crippen molar-refractivity contribution in [3.63, 3.8) is 0 Å². The summed E-state index contributed by atoms with van der Waals surface area (Å²) in [6.07, 6.45) is 0. The van der Waals surface area contributed by atoms with E-state index in [1.54, 1.807) is 0 Å². The van der Waals surface area contributed by atoms with Crippen LogP contribution in [-0.2, 0) is 0 Å².